The van der Waals surface area contributed by atoms with Gasteiger partial charge in [-0.3, -0.25) is 28.8 Å². The van der Waals surface area contributed by atoms with Crippen molar-refractivity contribution < 1.29 is 38.6 Å². The summed E-state index contributed by atoms with van der Waals surface area (Å²) >= 11 is 0. The lowest BCUT2D eigenvalue weighted by Crippen LogP contribution is -2.53. The molecular formula is C40H61N11O8. The highest BCUT2D eigenvalue weighted by molar-refractivity contribution is 6.39. The molecule has 2 unspecified atom stereocenters. The first-order valence-electron chi connectivity index (χ1n) is 20.1. The Hall–Kier alpha value is -5.79. The molecule has 1 heterocycles. The normalized spacial score (nSPS) is 15.6. The number of nitrogens with zero attached hydrogens (tertiary/aromatic N) is 2. The first kappa shape index (κ1) is 47.6. The first-order valence-corrected chi connectivity index (χ1v) is 20.1. The van der Waals surface area contributed by atoms with E-state index in [0.29, 0.717) is 29.0 Å². The number of hydrogen-bond donors (Lipinski definition) is 10. The summed E-state index contributed by atoms with van der Waals surface area (Å²) in [6.07, 6.45) is 9.72. The predicted octanol–water partition coefficient (Wildman–Crippen LogP) is -0.289. The Morgan fingerprint density at radius 3 is 2.37 bits per heavy atom. The highest BCUT2D eigenvalue weighted by atomic mass is 16.5. The average Bonchev–Trinajstić information content (AvgIpc) is 3.23. The van der Waals surface area contributed by atoms with Crippen LogP contribution in [0.2, 0.25) is 0 Å². The number of likely N-dealkylation sites (N-methyl/N-ethyl adjacent to an activating group) is 1. The number of phenolic OH excluding ortho intramolecular Hbond substituents is 1. The second-order valence-corrected chi connectivity index (χ2v) is 14.2. The van der Waals surface area contributed by atoms with E-state index in [1.807, 2.05) is 5.43 Å². The Balaban J connectivity index is 1.80. The fourth-order valence-corrected chi connectivity index (χ4v) is 6.46. The number of amidine groups is 1. The van der Waals surface area contributed by atoms with E-state index < -0.39 is 67.0 Å². The standard InChI is InChI=1S/C40H61N11O8/c1-3-4-5-6-7-8-9-10-17-44-18-15-34(54)45-25-36(56)51(2)37-27-12-14-33(59-19-16-41)29(22-27)28-20-26(11-13-31(28)52)21-30(48-35(55)24-47-40(37)58)39(57)46-23-32(53)38(49-42)50-43/h11-14,20,22,30,37,44,52H,3-10,15-19,21,23-25,41-43H2,1-2H3,(H,45,54)(H,46,57)(H,47,58)(H,48,55)(H,49,50). The van der Waals surface area contributed by atoms with Crippen molar-refractivity contribution in [2.45, 2.75) is 83.2 Å². The van der Waals surface area contributed by atoms with E-state index in [1.54, 1.807) is 30.3 Å². The maximum absolute atomic E-state index is 13.9. The SMILES string of the molecule is CCCCCCCCCCNCCC(=O)NCC(=O)N(C)C1C(=O)NCC(=O)NC(C(=O)NCC(=O)/C(=N/N)NN)Cc2ccc(O)c(c2)-c2cc1ccc2OCCN. The molecular weight excluding hydrogens is 763 g/mol. The Kier molecular flexibility index (Phi) is 20.6. The summed E-state index contributed by atoms with van der Waals surface area (Å²) < 4.78 is 5.91. The van der Waals surface area contributed by atoms with E-state index in [0.717, 1.165) is 24.3 Å². The number of hydrazone groups is 1. The van der Waals surface area contributed by atoms with Crippen molar-refractivity contribution in [2.75, 3.05) is 52.9 Å². The molecule has 1 aliphatic heterocycles. The van der Waals surface area contributed by atoms with Crippen LogP contribution in [0.25, 0.3) is 11.1 Å². The van der Waals surface area contributed by atoms with Crippen LogP contribution >= 0.6 is 0 Å². The average molecular weight is 824 g/mol. The number of unbranched alkanes of at least 4 members (excludes halogenated alkanes) is 7. The zero-order valence-electron chi connectivity index (χ0n) is 34.1. The predicted molar refractivity (Wildman–Crippen MR) is 222 cm³/mol. The second kappa shape index (κ2) is 25.5. The summed E-state index contributed by atoms with van der Waals surface area (Å²) in [5.74, 6) is 6.22. The maximum atomic E-state index is 13.9. The number of fused-ring (bicyclic) bond motifs is 5. The number of Topliss-reactive ketones (excluding diaryl/α,β-unsaturated/α-hetero) is 1. The third-order valence-electron chi connectivity index (χ3n) is 9.72. The third kappa shape index (κ3) is 15.5. The molecule has 0 spiro atoms. The van der Waals surface area contributed by atoms with E-state index in [4.69, 9.17) is 22.2 Å². The molecule has 0 saturated heterocycles. The van der Waals surface area contributed by atoms with Gasteiger partial charge < -0.3 is 58.3 Å². The molecule has 1 aliphatic rings. The van der Waals surface area contributed by atoms with Crippen molar-refractivity contribution in [2.24, 2.45) is 22.5 Å². The fraction of sp³-hybridized carbons (Fsp3) is 0.525. The van der Waals surface area contributed by atoms with Crippen LogP contribution in [0.5, 0.6) is 11.5 Å². The quantitative estimate of drug-likeness (QED) is 0.0241. The number of benzene rings is 2. The highest BCUT2D eigenvalue weighted by Gasteiger charge is 2.31. The fourth-order valence-electron chi connectivity index (χ4n) is 6.46. The number of hydrazine groups is 1. The van der Waals surface area contributed by atoms with E-state index in [9.17, 15) is 33.9 Å². The number of carbonyl (C=O) groups is 6. The number of aromatic hydroxyl groups is 1. The van der Waals surface area contributed by atoms with Crippen LogP contribution in [0.1, 0.15) is 81.9 Å². The molecule has 0 aliphatic carbocycles. The summed E-state index contributed by atoms with van der Waals surface area (Å²) in [5.41, 5.74) is 9.15. The van der Waals surface area contributed by atoms with E-state index in [2.05, 4.69) is 38.6 Å². The number of nitrogens with two attached hydrogens (primary N) is 3. The molecule has 59 heavy (non-hydrogen) atoms. The molecule has 19 heteroatoms. The van der Waals surface area contributed by atoms with Crippen LogP contribution in [0, 0.1) is 0 Å². The Morgan fingerprint density at radius 2 is 1.68 bits per heavy atom. The highest BCUT2D eigenvalue weighted by Crippen LogP contribution is 2.39. The molecule has 4 bridgehead atoms. The van der Waals surface area contributed by atoms with E-state index >= 15 is 0 Å². The lowest BCUT2D eigenvalue weighted by atomic mass is 9.94. The van der Waals surface area contributed by atoms with Crippen LogP contribution in [0.4, 0.5) is 0 Å². The third-order valence-corrected chi connectivity index (χ3v) is 9.72. The van der Waals surface area contributed by atoms with Gasteiger partial charge in [-0.25, -0.2) is 5.84 Å². The second-order valence-electron chi connectivity index (χ2n) is 14.2. The number of amides is 5. The van der Waals surface area contributed by atoms with Crippen molar-refractivity contribution in [3.63, 3.8) is 0 Å². The van der Waals surface area contributed by atoms with Crippen molar-refractivity contribution >= 4 is 41.2 Å². The first-order chi connectivity index (χ1) is 28.4. The van der Waals surface area contributed by atoms with E-state index in [1.165, 1.54) is 51.6 Å². The lowest BCUT2D eigenvalue weighted by molar-refractivity contribution is -0.140. The summed E-state index contributed by atoms with van der Waals surface area (Å²) in [5, 5.41) is 27.8. The van der Waals surface area contributed by atoms with Gasteiger partial charge in [0.2, 0.25) is 41.2 Å². The van der Waals surface area contributed by atoms with Gasteiger partial charge in [0.1, 0.15) is 30.2 Å². The largest absolute Gasteiger partial charge is 0.507 e. The Morgan fingerprint density at radius 1 is 0.949 bits per heavy atom. The minimum Gasteiger partial charge on any atom is -0.507 e. The molecule has 2 aromatic rings. The molecule has 324 valence electrons. The molecule has 19 nitrogen and oxygen atoms in total. The number of ether oxygens (including phenoxy) is 1. The van der Waals surface area contributed by atoms with Crippen LogP contribution in [0.15, 0.2) is 41.5 Å². The van der Waals surface area contributed by atoms with E-state index in [-0.39, 0.29) is 43.2 Å². The van der Waals surface area contributed by atoms with Gasteiger partial charge in [0, 0.05) is 44.1 Å². The van der Waals surface area contributed by atoms with Crippen molar-refractivity contribution in [1.29, 1.82) is 0 Å². The monoisotopic (exact) mass is 823 g/mol. The minimum absolute atomic E-state index is 0.0977. The van der Waals surface area contributed by atoms with Gasteiger partial charge in [0.25, 0.3) is 0 Å². The van der Waals surface area contributed by atoms with Crippen LogP contribution < -0.4 is 54.2 Å². The van der Waals surface area contributed by atoms with Crippen LogP contribution in [0.3, 0.4) is 0 Å². The number of carbonyl (C=O) groups excluding carboxylic acids is 6. The van der Waals surface area contributed by atoms with Crippen LogP contribution in [-0.2, 0) is 35.2 Å². The number of nitrogens with one attached hydrogen (secondary N) is 6. The van der Waals surface area contributed by atoms with Crippen LogP contribution in [-0.4, -0.2) is 110 Å². The Labute approximate surface area is 344 Å². The van der Waals surface area contributed by atoms with Crippen molar-refractivity contribution in [3.8, 4) is 22.6 Å². The van der Waals surface area contributed by atoms with Crippen molar-refractivity contribution in [3.05, 3.63) is 47.5 Å². The summed E-state index contributed by atoms with van der Waals surface area (Å²) in [4.78, 5) is 80.3. The zero-order chi connectivity index (χ0) is 43.2. The smallest absolute Gasteiger partial charge is 0.247 e. The van der Waals surface area contributed by atoms with Gasteiger partial charge in [0.05, 0.1) is 19.6 Å². The topological polar surface area (TPSA) is 298 Å². The maximum Gasteiger partial charge on any atom is 0.247 e. The number of rotatable bonds is 22. The molecule has 0 saturated carbocycles. The molecule has 5 amide bonds. The molecule has 3 rings (SSSR count). The van der Waals surface area contributed by atoms with Gasteiger partial charge in [-0.2, -0.15) is 5.10 Å². The molecule has 13 N–H and O–H groups in total. The molecule has 0 aromatic heterocycles. The lowest BCUT2D eigenvalue weighted by Gasteiger charge is -2.29. The number of phenols is 1. The van der Waals surface area contributed by atoms with Crippen molar-refractivity contribution in [1.82, 2.24) is 36.9 Å². The zero-order valence-corrected chi connectivity index (χ0v) is 34.1. The van der Waals surface area contributed by atoms with Gasteiger partial charge >= 0.3 is 0 Å². The summed E-state index contributed by atoms with van der Waals surface area (Å²) in [7, 11) is 1.40. The molecule has 2 atom stereocenters. The van der Waals surface area contributed by atoms with Gasteiger partial charge in [-0.15, -0.1) is 0 Å². The van der Waals surface area contributed by atoms with Gasteiger partial charge in [-0.1, -0.05) is 64.0 Å². The summed E-state index contributed by atoms with van der Waals surface area (Å²) in [6, 6.07) is 6.71. The number of hydrogen-bond acceptors (Lipinski definition) is 13. The van der Waals surface area contributed by atoms with Gasteiger partial charge in [0.15, 0.2) is 0 Å². The molecule has 0 fully saturated rings. The molecule has 2 aromatic carbocycles. The Bertz CT molecular complexity index is 1770. The van der Waals surface area contributed by atoms with Gasteiger partial charge in [-0.05, 0) is 48.4 Å². The number of ketones is 1. The molecule has 0 radical (unpaired) electrons. The summed E-state index contributed by atoms with van der Waals surface area (Å²) in [6.45, 7) is 2.20. The minimum atomic E-state index is -1.32.